The van der Waals surface area contributed by atoms with Crippen molar-refractivity contribution in [2.24, 2.45) is 0 Å². The molecule has 0 bridgehead atoms. The van der Waals surface area contributed by atoms with E-state index in [0.29, 0.717) is 4.91 Å². The Balaban J connectivity index is 2.24. The normalized spacial score (nSPS) is 17.6. The lowest BCUT2D eigenvalue weighted by atomic mass is 10.1. The molecule has 0 spiro atoms. The van der Waals surface area contributed by atoms with Crippen LogP contribution in [-0.4, -0.2) is 43.3 Å². The summed E-state index contributed by atoms with van der Waals surface area (Å²) >= 11 is 6.12. The van der Waals surface area contributed by atoms with Gasteiger partial charge < -0.3 is 10.2 Å². The van der Waals surface area contributed by atoms with Crippen LogP contribution >= 0.6 is 24.0 Å². The summed E-state index contributed by atoms with van der Waals surface area (Å²) in [6, 6.07) is 7.82. The first-order chi connectivity index (χ1) is 10.9. The number of hydrogen-bond donors (Lipinski definition) is 2. The molecule has 0 saturated carbocycles. The van der Waals surface area contributed by atoms with E-state index in [9.17, 15) is 19.5 Å². The summed E-state index contributed by atoms with van der Waals surface area (Å²) in [5.41, 5.74) is 0.797. The molecule has 0 unspecified atom stereocenters. The molecule has 1 aliphatic rings. The van der Waals surface area contributed by atoms with Crippen LogP contribution in [0.15, 0.2) is 35.2 Å². The van der Waals surface area contributed by atoms with Crippen LogP contribution in [0.4, 0.5) is 0 Å². The number of carbonyl (C=O) groups is 3. The molecule has 120 valence electrons. The molecule has 1 aromatic carbocycles. The lowest BCUT2D eigenvalue weighted by Gasteiger charge is -2.22. The highest BCUT2D eigenvalue weighted by Crippen LogP contribution is 2.34. The van der Waals surface area contributed by atoms with Crippen molar-refractivity contribution in [2.75, 3.05) is 0 Å². The number of hydrogen-bond acceptors (Lipinski definition) is 5. The van der Waals surface area contributed by atoms with Crippen LogP contribution in [0, 0.1) is 0 Å². The molecule has 1 aliphatic heterocycles. The first-order valence-electron chi connectivity index (χ1n) is 6.67. The third-order valence-electron chi connectivity index (χ3n) is 3.15. The maximum Gasteiger partial charge on any atom is 0.326 e. The Morgan fingerprint density at radius 1 is 1.26 bits per heavy atom. The first-order valence-corrected chi connectivity index (χ1v) is 7.89. The third kappa shape index (κ3) is 4.17. The van der Waals surface area contributed by atoms with Gasteiger partial charge in [0.2, 0.25) is 0 Å². The van der Waals surface area contributed by atoms with Crippen molar-refractivity contribution >= 4 is 52.2 Å². The molecule has 1 heterocycles. The molecule has 1 saturated heterocycles. The average Bonchev–Trinajstić information content (AvgIpc) is 2.75. The topological polar surface area (TPSA) is 94.9 Å². The monoisotopic (exact) mass is 351 g/mol. The van der Waals surface area contributed by atoms with Gasteiger partial charge in [-0.2, -0.15) is 0 Å². The van der Waals surface area contributed by atoms with Crippen LogP contribution in [0.3, 0.4) is 0 Å². The quantitative estimate of drug-likeness (QED) is 0.599. The molecule has 6 nitrogen and oxygen atoms in total. The molecule has 1 fully saturated rings. The minimum absolute atomic E-state index is 0.120. The smallest absolute Gasteiger partial charge is 0.326 e. The molecule has 2 rings (SSSR count). The molecule has 1 aromatic rings. The third-order valence-corrected chi connectivity index (χ3v) is 4.48. The minimum atomic E-state index is -1.28. The Labute approximate surface area is 141 Å². The predicted octanol–water partition coefficient (Wildman–Crippen LogP) is 2.21. The van der Waals surface area contributed by atoms with Crippen molar-refractivity contribution in [3.05, 3.63) is 40.8 Å². The van der Waals surface area contributed by atoms with E-state index in [2.05, 4.69) is 0 Å². The van der Waals surface area contributed by atoms with E-state index in [0.717, 1.165) is 22.2 Å². The van der Waals surface area contributed by atoms with Crippen molar-refractivity contribution in [1.82, 2.24) is 4.90 Å². The van der Waals surface area contributed by atoms with E-state index >= 15 is 0 Å². The van der Waals surface area contributed by atoms with Crippen LogP contribution in [-0.2, 0) is 14.4 Å². The molecule has 1 amide bonds. The van der Waals surface area contributed by atoms with Gasteiger partial charge in [-0.25, -0.2) is 4.79 Å². The van der Waals surface area contributed by atoms with Crippen LogP contribution in [0.2, 0.25) is 0 Å². The molecule has 0 aliphatic carbocycles. The van der Waals surface area contributed by atoms with Crippen LogP contribution in [0.5, 0.6) is 0 Å². The van der Waals surface area contributed by atoms with Crippen molar-refractivity contribution < 1.29 is 24.6 Å². The number of aliphatic carboxylic acids is 2. The number of carboxylic acids is 2. The van der Waals surface area contributed by atoms with E-state index in [1.54, 1.807) is 6.08 Å². The van der Waals surface area contributed by atoms with E-state index in [1.165, 1.54) is 0 Å². The zero-order chi connectivity index (χ0) is 17.0. The van der Waals surface area contributed by atoms with Gasteiger partial charge in [0.15, 0.2) is 0 Å². The molecular weight excluding hydrogens is 338 g/mol. The molecule has 0 aromatic heterocycles. The van der Waals surface area contributed by atoms with Crippen LogP contribution in [0.25, 0.3) is 6.08 Å². The minimum Gasteiger partial charge on any atom is -0.481 e. The van der Waals surface area contributed by atoms with Gasteiger partial charge in [0, 0.05) is 6.42 Å². The van der Waals surface area contributed by atoms with E-state index in [-0.39, 0.29) is 17.2 Å². The molecule has 23 heavy (non-hydrogen) atoms. The van der Waals surface area contributed by atoms with Gasteiger partial charge in [-0.3, -0.25) is 14.5 Å². The number of thioether (sulfide) groups is 1. The largest absolute Gasteiger partial charge is 0.481 e. The number of thiocarbonyl (C=S) groups is 1. The van der Waals surface area contributed by atoms with Gasteiger partial charge >= 0.3 is 11.9 Å². The highest BCUT2D eigenvalue weighted by Gasteiger charge is 2.40. The van der Waals surface area contributed by atoms with E-state index in [4.69, 9.17) is 17.3 Å². The molecular formula is C15H13NO5S2. The van der Waals surface area contributed by atoms with Crippen molar-refractivity contribution in [3.8, 4) is 0 Å². The van der Waals surface area contributed by atoms with Crippen molar-refractivity contribution in [1.29, 1.82) is 0 Å². The number of rotatable bonds is 6. The van der Waals surface area contributed by atoms with Crippen molar-refractivity contribution in [2.45, 2.75) is 18.9 Å². The van der Waals surface area contributed by atoms with Crippen LogP contribution in [0.1, 0.15) is 18.4 Å². The summed E-state index contributed by atoms with van der Waals surface area (Å²) in [6.07, 6.45) is 1.08. The predicted molar refractivity (Wildman–Crippen MR) is 89.7 cm³/mol. The zero-order valence-corrected chi connectivity index (χ0v) is 13.5. The summed E-state index contributed by atoms with van der Waals surface area (Å²) in [4.78, 5) is 35.8. The number of amides is 1. The Kier molecular flexibility index (Phi) is 5.51. The summed E-state index contributed by atoms with van der Waals surface area (Å²) in [5.74, 6) is -2.91. The lowest BCUT2D eigenvalue weighted by Crippen LogP contribution is -2.44. The fraction of sp³-hybridized carbons (Fsp3) is 0.200. The zero-order valence-electron chi connectivity index (χ0n) is 11.8. The Bertz CT molecular complexity index is 686. The number of benzene rings is 1. The standard InChI is InChI=1S/C15H13NO5S2/c17-12(18)7-6-10(14(20)21)16-13(19)11(23-15(16)22)8-9-4-2-1-3-5-9/h1-5,8,10H,6-7H2,(H,17,18)(H,20,21)/b11-8-/t10-/m0/s1. The van der Waals surface area contributed by atoms with Gasteiger partial charge in [-0.15, -0.1) is 0 Å². The van der Waals surface area contributed by atoms with Gasteiger partial charge in [-0.1, -0.05) is 54.3 Å². The van der Waals surface area contributed by atoms with Gasteiger partial charge in [0.1, 0.15) is 10.4 Å². The first kappa shape index (κ1) is 17.2. The second-order valence-electron chi connectivity index (χ2n) is 4.75. The highest BCUT2D eigenvalue weighted by atomic mass is 32.2. The number of nitrogens with zero attached hydrogens (tertiary/aromatic N) is 1. The van der Waals surface area contributed by atoms with Gasteiger partial charge in [0.05, 0.1) is 4.91 Å². The maximum absolute atomic E-state index is 12.4. The van der Waals surface area contributed by atoms with Crippen molar-refractivity contribution in [3.63, 3.8) is 0 Å². The fourth-order valence-electron chi connectivity index (χ4n) is 2.07. The second-order valence-corrected chi connectivity index (χ2v) is 6.42. The van der Waals surface area contributed by atoms with E-state index < -0.39 is 23.9 Å². The Morgan fingerprint density at radius 3 is 2.48 bits per heavy atom. The fourth-order valence-corrected chi connectivity index (χ4v) is 3.43. The lowest BCUT2D eigenvalue weighted by molar-refractivity contribution is -0.146. The summed E-state index contributed by atoms with van der Waals surface area (Å²) in [5, 5.41) is 18.0. The average molecular weight is 351 g/mol. The number of carbonyl (C=O) groups excluding carboxylic acids is 1. The Hall–Kier alpha value is -2.19. The van der Waals surface area contributed by atoms with Gasteiger partial charge in [-0.05, 0) is 18.1 Å². The van der Waals surface area contributed by atoms with Crippen LogP contribution < -0.4 is 0 Å². The summed E-state index contributed by atoms with van der Waals surface area (Å²) in [7, 11) is 0. The number of carboxylic acid groups (broad SMARTS) is 2. The SMILES string of the molecule is O=C(O)CC[C@@H](C(=O)O)N1C(=O)/C(=C/c2ccccc2)SC1=S. The Morgan fingerprint density at radius 2 is 1.91 bits per heavy atom. The summed E-state index contributed by atoms with van der Waals surface area (Å²) < 4.78 is 0.120. The molecule has 1 atom stereocenters. The highest BCUT2D eigenvalue weighted by molar-refractivity contribution is 8.26. The molecule has 8 heteroatoms. The molecule has 2 N–H and O–H groups in total. The maximum atomic E-state index is 12.4. The van der Waals surface area contributed by atoms with E-state index in [1.807, 2.05) is 30.3 Å². The molecule has 0 radical (unpaired) electrons. The second kappa shape index (κ2) is 7.38. The summed E-state index contributed by atoms with van der Waals surface area (Å²) in [6.45, 7) is 0. The van der Waals surface area contributed by atoms with Gasteiger partial charge in [0.25, 0.3) is 5.91 Å².